The molecular formula is C22H22N6O. The molecule has 2 N–H and O–H groups in total. The molecule has 1 aliphatic heterocycles. The number of hydrogen-bond acceptors (Lipinski definition) is 7. The predicted octanol–water partition coefficient (Wildman–Crippen LogP) is 3.55. The van der Waals surface area contributed by atoms with Crippen LogP contribution in [0.5, 0.6) is 0 Å². The monoisotopic (exact) mass is 386 g/mol. The molecular weight excluding hydrogens is 364 g/mol. The summed E-state index contributed by atoms with van der Waals surface area (Å²) in [6, 6.07) is 15.9. The van der Waals surface area contributed by atoms with Crippen molar-refractivity contribution in [2.75, 3.05) is 18.0 Å². The van der Waals surface area contributed by atoms with Gasteiger partial charge in [-0.25, -0.2) is 4.98 Å². The molecule has 146 valence electrons. The molecule has 1 saturated heterocycles. The lowest BCUT2D eigenvalue weighted by molar-refractivity contribution is 0.759. The van der Waals surface area contributed by atoms with Gasteiger partial charge in [-0.05, 0) is 36.2 Å². The first kappa shape index (κ1) is 18.7. The van der Waals surface area contributed by atoms with Gasteiger partial charge in [-0.15, -0.1) is 0 Å². The number of rotatable bonds is 6. The lowest BCUT2D eigenvalue weighted by Gasteiger charge is -2.18. The molecule has 1 atom stereocenters. The van der Waals surface area contributed by atoms with E-state index in [0.29, 0.717) is 5.69 Å². The highest BCUT2D eigenvalue weighted by Gasteiger charge is 2.22. The molecule has 1 aliphatic rings. The quantitative estimate of drug-likeness (QED) is 0.516. The fourth-order valence-electron chi connectivity index (χ4n) is 3.50. The zero-order valence-corrected chi connectivity index (χ0v) is 16.0. The molecule has 0 radical (unpaired) electrons. The number of aromatic nitrogens is 2. The molecule has 0 spiro atoms. The normalized spacial score (nSPS) is 17.3. The highest BCUT2D eigenvalue weighted by atomic mass is 16.3. The van der Waals surface area contributed by atoms with Crippen LogP contribution in [0.2, 0.25) is 0 Å². The van der Waals surface area contributed by atoms with Crippen LogP contribution in [0.25, 0.3) is 16.6 Å². The van der Waals surface area contributed by atoms with Gasteiger partial charge >= 0.3 is 0 Å². The standard InChI is InChI=1S/C22H22N6O/c23-11-17(22-14-25-20-6-1-2-7-21(20)27-22)13-24-18-8-9-28(15-18)19-5-3-4-16(10-19)12-26-29/h1-7,10-11,13-14,18H,8-9,12,15,23H2. The molecule has 1 fully saturated rings. The molecule has 2 heterocycles. The van der Waals surface area contributed by atoms with E-state index in [-0.39, 0.29) is 12.6 Å². The van der Waals surface area contributed by atoms with E-state index in [4.69, 9.17) is 10.7 Å². The van der Waals surface area contributed by atoms with E-state index in [1.807, 2.05) is 42.5 Å². The Hall–Kier alpha value is -3.61. The van der Waals surface area contributed by atoms with Gasteiger partial charge in [0.05, 0.1) is 29.0 Å². The Morgan fingerprint density at radius 2 is 2.07 bits per heavy atom. The smallest absolute Gasteiger partial charge is 0.106 e. The van der Waals surface area contributed by atoms with E-state index >= 15 is 0 Å². The lowest BCUT2D eigenvalue weighted by atomic mass is 10.2. The molecule has 0 saturated carbocycles. The fourth-order valence-corrected chi connectivity index (χ4v) is 3.50. The van der Waals surface area contributed by atoms with Crippen LogP contribution in [0.4, 0.5) is 5.69 Å². The van der Waals surface area contributed by atoms with Crippen LogP contribution in [0.3, 0.4) is 0 Å². The number of anilines is 1. The zero-order valence-electron chi connectivity index (χ0n) is 16.0. The summed E-state index contributed by atoms with van der Waals surface area (Å²) in [6.45, 7) is 1.92. The largest absolute Gasteiger partial charge is 0.404 e. The van der Waals surface area contributed by atoms with Gasteiger partial charge in [0.25, 0.3) is 0 Å². The number of para-hydroxylation sites is 2. The minimum absolute atomic E-state index is 0.172. The maximum atomic E-state index is 10.5. The minimum atomic E-state index is 0.172. The fraction of sp³-hybridized carbons (Fsp3) is 0.227. The van der Waals surface area contributed by atoms with Crippen LogP contribution in [-0.4, -0.2) is 35.3 Å². The van der Waals surface area contributed by atoms with Crippen molar-refractivity contribution >= 4 is 28.5 Å². The Balaban J connectivity index is 1.45. The number of aliphatic imine (C=N–C) groups is 1. The van der Waals surface area contributed by atoms with Crippen LogP contribution < -0.4 is 10.6 Å². The SMILES string of the molecule is NC=C(C=NC1CCN(c2cccc(CN=O)c2)C1)c1cnc2ccccc2n1. The Morgan fingerprint density at radius 3 is 2.90 bits per heavy atom. The van der Waals surface area contributed by atoms with Crippen molar-refractivity contribution in [3.05, 3.63) is 77.1 Å². The summed E-state index contributed by atoms with van der Waals surface area (Å²) in [4.78, 5) is 26.6. The molecule has 4 rings (SSSR count). The van der Waals surface area contributed by atoms with Crippen molar-refractivity contribution < 1.29 is 0 Å². The van der Waals surface area contributed by atoms with E-state index in [0.717, 1.165) is 47.4 Å². The van der Waals surface area contributed by atoms with Gasteiger partial charge in [0.1, 0.15) is 6.54 Å². The van der Waals surface area contributed by atoms with Gasteiger partial charge in [0.2, 0.25) is 0 Å². The topological polar surface area (TPSA) is 96.8 Å². The number of benzene rings is 2. The molecule has 0 amide bonds. The van der Waals surface area contributed by atoms with Crippen molar-refractivity contribution in [3.63, 3.8) is 0 Å². The summed E-state index contributed by atoms with van der Waals surface area (Å²) < 4.78 is 0. The predicted molar refractivity (Wildman–Crippen MR) is 117 cm³/mol. The first-order valence-electron chi connectivity index (χ1n) is 9.57. The number of fused-ring (bicyclic) bond motifs is 1. The van der Waals surface area contributed by atoms with Crippen LogP contribution in [0, 0.1) is 4.91 Å². The second kappa shape index (κ2) is 8.60. The summed E-state index contributed by atoms with van der Waals surface area (Å²) in [7, 11) is 0. The molecule has 0 bridgehead atoms. The Labute approximate surface area is 169 Å². The number of hydrogen-bond donors (Lipinski definition) is 1. The van der Waals surface area contributed by atoms with Gasteiger partial charge in [0, 0.05) is 36.8 Å². The van der Waals surface area contributed by atoms with Crippen molar-refractivity contribution in [1.29, 1.82) is 0 Å². The highest BCUT2D eigenvalue weighted by Crippen LogP contribution is 2.23. The number of allylic oxidation sites excluding steroid dienone is 1. The second-order valence-electron chi connectivity index (χ2n) is 6.99. The van der Waals surface area contributed by atoms with Crippen LogP contribution in [0.15, 0.2) is 71.1 Å². The Kier molecular flexibility index (Phi) is 5.56. The Bertz CT molecular complexity index is 1080. The van der Waals surface area contributed by atoms with Gasteiger partial charge < -0.3 is 10.6 Å². The van der Waals surface area contributed by atoms with Crippen molar-refractivity contribution in [3.8, 4) is 0 Å². The highest BCUT2D eigenvalue weighted by molar-refractivity contribution is 6.09. The van der Waals surface area contributed by atoms with Crippen molar-refractivity contribution in [1.82, 2.24) is 9.97 Å². The third-order valence-electron chi connectivity index (χ3n) is 5.03. The van der Waals surface area contributed by atoms with Gasteiger partial charge in [-0.1, -0.05) is 29.4 Å². The maximum Gasteiger partial charge on any atom is 0.106 e. The van der Waals surface area contributed by atoms with Crippen LogP contribution >= 0.6 is 0 Å². The van der Waals surface area contributed by atoms with Crippen LogP contribution in [-0.2, 0) is 6.54 Å². The summed E-state index contributed by atoms with van der Waals surface area (Å²) in [5.41, 5.74) is 11.0. The van der Waals surface area contributed by atoms with Gasteiger partial charge in [-0.3, -0.25) is 9.98 Å². The number of nitrogens with two attached hydrogens (primary N) is 1. The average Bonchev–Trinajstić information content (AvgIpc) is 3.24. The van der Waals surface area contributed by atoms with E-state index in [1.54, 1.807) is 12.4 Å². The molecule has 7 nitrogen and oxygen atoms in total. The molecule has 0 aliphatic carbocycles. The van der Waals surface area contributed by atoms with E-state index in [9.17, 15) is 4.91 Å². The first-order valence-corrected chi connectivity index (χ1v) is 9.57. The van der Waals surface area contributed by atoms with E-state index in [2.05, 4.69) is 26.1 Å². The maximum absolute atomic E-state index is 10.5. The molecule has 29 heavy (non-hydrogen) atoms. The first-order chi connectivity index (χ1) is 14.3. The molecule has 2 aromatic carbocycles. The van der Waals surface area contributed by atoms with Gasteiger partial charge in [0.15, 0.2) is 0 Å². The third-order valence-corrected chi connectivity index (χ3v) is 5.03. The Morgan fingerprint density at radius 1 is 1.21 bits per heavy atom. The zero-order chi connectivity index (χ0) is 20.1. The third kappa shape index (κ3) is 4.29. The van der Waals surface area contributed by atoms with Crippen molar-refractivity contribution in [2.45, 2.75) is 19.0 Å². The summed E-state index contributed by atoms with van der Waals surface area (Å²) in [6.07, 6.45) is 5.99. The summed E-state index contributed by atoms with van der Waals surface area (Å²) >= 11 is 0. The van der Waals surface area contributed by atoms with E-state index < -0.39 is 0 Å². The molecule has 7 heteroatoms. The van der Waals surface area contributed by atoms with Crippen molar-refractivity contribution in [2.24, 2.45) is 15.9 Å². The van der Waals surface area contributed by atoms with Gasteiger partial charge in [-0.2, -0.15) is 4.91 Å². The molecule has 3 aromatic rings. The summed E-state index contributed by atoms with van der Waals surface area (Å²) in [5.74, 6) is 0. The van der Waals surface area contributed by atoms with Crippen LogP contribution in [0.1, 0.15) is 17.7 Å². The molecule has 1 unspecified atom stereocenters. The molecule has 1 aromatic heterocycles. The summed E-state index contributed by atoms with van der Waals surface area (Å²) in [5, 5.41) is 2.97. The minimum Gasteiger partial charge on any atom is -0.404 e. The average molecular weight is 386 g/mol. The second-order valence-corrected chi connectivity index (χ2v) is 6.99. The number of nitrogens with zero attached hydrogens (tertiary/aromatic N) is 5. The lowest BCUT2D eigenvalue weighted by Crippen LogP contribution is -2.20. The number of nitroso groups, excluding NO2 is 1. The van der Waals surface area contributed by atoms with E-state index in [1.165, 1.54) is 6.20 Å².